The Hall–Kier alpha value is 0.430. The van der Waals surface area contributed by atoms with E-state index in [1.54, 1.807) is 18.5 Å². The van der Waals surface area contributed by atoms with Gasteiger partial charge in [0, 0.05) is 0 Å². The van der Waals surface area contributed by atoms with Crippen LogP contribution < -0.4 is 0 Å². The second-order valence-corrected chi connectivity index (χ2v) is 10.5. The molecule has 0 saturated carbocycles. The predicted octanol–water partition coefficient (Wildman–Crippen LogP) is 9.16. The standard InChI is InChI=1S/C23H49P/c1-4-7-10-13-16-19-22-24(21-18-15-12-9-6-3)23-20-17-14-11-8-5-2/h4-23H2,1-3H3. The van der Waals surface area contributed by atoms with Crippen LogP contribution in [-0.4, -0.2) is 18.5 Å². The second-order valence-electron chi connectivity index (χ2n) is 7.79. The highest BCUT2D eigenvalue weighted by Crippen LogP contribution is 2.39. The largest absolute Gasteiger partial charge is 0.107 e. The molecule has 0 atom stereocenters. The summed E-state index contributed by atoms with van der Waals surface area (Å²) in [5, 5.41) is 0. The fourth-order valence-corrected chi connectivity index (χ4v) is 6.19. The van der Waals surface area contributed by atoms with E-state index >= 15 is 0 Å². The van der Waals surface area contributed by atoms with Gasteiger partial charge in [-0.25, -0.2) is 0 Å². The number of hydrogen-bond acceptors (Lipinski definition) is 0. The Labute approximate surface area is 156 Å². The summed E-state index contributed by atoms with van der Waals surface area (Å²) in [5.41, 5.74) is 0. The fraction of sp³-hybridized carbons (Fsp3) is 1.00. The Bertz CT molecular complexity index is 198. The van der Waals surface area contributed by atoms with E-state index in [0.717, 1.165) is 0 Å². The lowest BCUT2D eigenvalue weighted by Crippen LogP contribution is -1.97. The maximum atomic E-state index is 2.32. The van der Waals surface area contributed by atoms with Crippen LogP contribution in [0.1, 0.15) is 130 Å². The molecule has 0 aliphatic heterocycles. The summed E-state index contributed by atoms with van der Waals surface area (Å²) in [6.07, 6.45) is 29.7. The van der Waals surface area contributed by atoms with Crippen LogP contribution in [0.15, 0.2) is 0 Å². The van der Waals surface area contributed by atoms with Crippen LogP contribution in [0.4, 0.5) is 0 Å². The van der Waals surface area contributed by atoms with Crippen LogP contribution in [-0.2, 0) is 0 Å². The molecule has 0 aliphatic carbocycles. The minimum Gasteiger partial charge on any atom is -0.107 e. The van der Waals surface area contributed by atoms with Crippen molar-refractivity contribution in [3.63, 3.8) is 0 Å². The van der Waals surface area contributed by atoms with Crippen molar-refractivity contribution in [1.82, 2.24) is 0 Å². The molecule has 0 spiro atoms. The highest BCUT2D eigenvalue weighted by molar-refractivity contribution is 7.57. The number of hydrogen-bond donors (Lipinski definition) is 0. The first kappa shape index (κ1) is 24.4. The average molecular weight is 357 g/mol. The molecule has 0 amide bonds. The zero-order chi connectivity index (χ0) is 17.7. The van der Waals surface area contributed by atoms with Crippen molar-refractivity contribution in [2.75, 3.05) is 18.5 Å². The summed E-state index contributed by atoms with van der Waals surface area (Å²) in [7, 11) is 0.369. The molecule has 146 valence electrons. The molecule has 24 heavy (non-hydrogen) atoms. The summed E-state index contributed by atoms with van der Waals surface area (Å²) in [6.45, 7) is 6.96. The molecule has 0 N–H and O–H groups in total. The maximum absolute atomic E-state index is 2.32. The molecule has 0 aromatic heterocycles. The van der Waals surface area contributed by atoms with Gasteiger partial charge in [-0.05, 0) is 37.7 Å². The molecule has 0 rings (SSSR count). The van der Waals surface area contributed by atoms with Gasteiger partial charge >= 0.3 is 0 Å². The van der Waals surface area contributed by atoms with Crippen molar-refractivity contribution in [3.05, 3.63) is 0 Å². The monoisotopic (exact) mass is 356 g/mol. The van der Waals surface area contributed by atoms with Crippen molar-refractivity contribution in [1.29, 1.82) is 0 Å². The molecular formula is C23H49P. The van der Waals surface area contributed by atoms with Crippen LogP contribution in [0.5, 0.6) is 0 Å². The summed E-state index contributed by atoms with van der Waals surface area (Å²) in [6, 6.07) is 0. The Kier molecular flexibility index (Phi) is 21.9. The van der Waals surface area contributed by atoms with E-state index in [9.17, 15) is 0 Å². The molecule has 0 nitrogen and oxygen atoms in total. The van der Waals surface area contributed by atoms with E-state index in [-0.39, 0.29) is 0 Å². The lowest BCUT2D eigenvalue weighted by atomic mass is 10.1. The van der Waals surface area contributed by atoms with E-state index in [1.807, 2.05) is 0 Å². The molecule has 0 bridgehead atoms. The lowest BCUT2D eigenvalue weighted by molar-refractivity contribution is 0.620. The summed E-state index contributed by atoms with van der Waals surface area (Å²) >= 11 is 0. The van der Waals surface area contributed by atoms with E-state index < -0.39 is 0 Å². The van der Waals surface area contributed by atoms with Gasteiger partial charge in [-0.15, -0.1) is 7.92 Å². The molecule has 0 unspecified atom stereocenters. The molecular weight excluding hydrogens is 307 g/mol. The highest BCUT2D eigenvalue weighted by atomic mass is 31.1. The van der Waals surface area contributed by atoms with Gasteiger partial charge in [-0.3, -0.25) is 0 Å². The van der Waals surface area contributed by atoms with Crippen LogP contribution in [0.3, 0.4) is 0 Å². The van der Waals surface area contributed by atoms with E-state index in [4.69, 9.17) is 0 Å². The van der Waals surface area contributed by atoms with E-state index in [0.29, 0.717) is 7.92 Å². The Morgan fingerprint density at radius 1 is 0.333 bits per heavy atom. The molecule has 0 saturated heterocycles. The van der Waals surface area contributed by atoms with Crippen molar-refractivity contribution in [2.24, 2.45) is 0 Å². The van der Waals surface area contributed by atoms with Gasteiger partial charge in [0.25, 0.3) is 0 Å². The molecule has 0 aromatic carbocycles. The van der Waals surface area contributed by atoms with Gasteiger partial charge in [-0.1, -0.05) is 111 Å². The Morgan fingerprint density at radius 2 is 0.583 bits per heavy atom. The van der Waals surface area contributed by atoms with Gasteiger partial charge in [0.2, 0.25) is 0 Å². The second kappa shape index (κ2) is 21.5. The van der Waals surface area contributed by atoms with Gasteiger partial charge in [0.15, 0.2) is 0 Å². The van der Waals surface area contributed by atoms with Crippen LogP contribution >= 0.6 is 7.92 Å². The SMILES string of the molecule is CCCCCCCCP(CCCCCCC)CCCCCCCC. The quantitative estimate of drug-likeness (QED) is 0.151. The smallest absolute Gasteiger partial charge is 0.0326 e. The number of rotatable bonds is 20. The molecule has 0 heterocycles. The predicted molar refractivity (Wildman–Crippen MR) is 117 cm³/mol. The van der Waals surface area contributed by atoms with E-state index in [1.165, 1.54) is 109 Å². The van der Waals surface area contributed by atoms with Crippen LogP contribution in [0, 0.1) is 0 Å². The van der Waals surface area contributed by atoms with Crippen molar-refractivity contribution in [3.8, 4) is 0 Å². The highest BCUT2D eigenvalue weighted by Gasteiger charge is 2.07. The molecule has 1 heteroatoms. The molecule has 0 aliphatic rings. The third-order valence-electron chi connectivity index (χ3n) is 5.23. The molecule has 0 radical (unpaired) electrons. The first-order valence-corrected chi connectivity index (χ1v) is 13.5. The topological polar surface area (TPSA) is 0 Å². The zero-order valence-electron chi connectivity index (χ0n) is 17.6. The van der Waals surface area contributed by atoms with Gasteiger partial charge in [0.1, 0.15) is 0 Å². The normalized spacial score (nSPS) is 11.5. The average Bonchev–Trinajstić information content (AvgIpc) is 2.60. The van der Waals surface area contributed by atoms with Gasteiger partial charge < -0.3 is 0 Å². The number of unbranched alkanes of at least 4 members (excludes halogenated alkanes) is 14. The van der Waals surface area contributed by atoms with Crippen LogP contribution in [0.25, 0.3) is 0 Å². The van der Waals surface area contributed by atoms with Gasteiger partial charge in [0.05, 0.1) is 0 Å². The minimum absolute atomic E-state index is 0.369. The summed E-state index contributed by atoms with van der Waals surface area (Å²) in [5.74, 6) is 0. The molecule has 0 fully saturated rings. The summed E-state index contributed by atoms with van der Waals surface area (Å²) < 4.78 is 0. The van der Waals surface area contributed by atoms with Gasteiger partial charge in [-0.2, -0.15) is 0 Å². The lowest BCUT2D eigenvalue weighted by Gasteiger charge is -2.18. The van der Waals surface area contributed by atoms with Crippen molar-refractivity contribution in [2.45, 2.75) is 130 Å². The first-order chi connectivity index (χ1) is 11.8. The fourth-order valence-electron chi connectivity index (χ4n) is 3.51. The van der Waals surface area contributed by atoms with Crippen molar-refractivity contribution >= 4 is 7.92 Å². The molecule has 0 aromatic rings. The Balaban J connectivity index is 3.74. The van der Waals surface area contributed by atoms with Crippen molar-refractivity contribution < 1.29 is 0 Å². The minimum atomic E-state index is 0.369. The van der Waals surface area contributed by atoms with Crippen LogP contribution in [0.2, 0.25) is 0 Å². The first-order valence-electron chi connectivity index (χ1n) is 11.6. The van der Waals surface area contributed by atoms with E-state index in [2.05, 4.69) is 20.8 Å². The maximum Gasteiger partial charge on any atom is -0.0326 e. The third kappa shape index (κ3) is 18.8. The third-order valence-corrected chi connectivity index (χ3v) is 8.08. The zero-order valence-corrected chi connectivity index (χ0v) is 18.5. The Morgan fingerprint density at radius 3 is 0.875 bits per heavy atom. The summed E-state index contributed by atoms with van der Waals surface area (Å²) in [4.78, 5) is 0.